The molecule has 32 heavy (non-hydrogen) atoms. The number of hydrogen-bond donors (Lipinski definition) is 2. The van der Waals surface area contributed by atoms with Crippen LogP contribution in [0.25, 0.3) is 16.7 Å². The van der Waals surface area contributed by atoms with E-state index in [2.05, 4.69) is 10.4 Å². The van der Waals surface area contributed by atoms with Gasteiger partial charge in [-0.2, -0.15) is 4.80 Å². The molecule has 0 fully saturated rings. The molecular formula is C23H19ClN4O4. The number of anilines is 1. The average molecular weight is 451 g/mol. The fourth-order valence-corrected chi connectivity index (χ4v) is 4.29. The Hall–Kier alpha value is -3.78. The summed E-state index contributed by atoms with van der Waals surface area (Å²) in [7, 11) is 3.05. The lowest BCUT2D eigenvalue weighted by molar-refractivity contribution is -0.116. The van der Waals surface area contributed by atoms with Gasteiger partial charge in [-0.3, -0.25) is 4.79 Å². The zero-order valence-corrected chi connectivity index (χ0v) is 18.1. The fraction of sp³-hybridized carbons (Fsp3) is 0.174. The topological polar surface area (TPSA) is 98.5 Å². The zero-order valence-electron chi connectivity index (χ0n) is 17.3. The SMILES string of the molecule is COc1cc([C@@H]2CC(=O)Nc3ccc4nn(-c5ccc(OC)c(Cl)c5)nc4c32)ccc1O. The number of aromatic nitrogens is 3. The third-order valence-corrected chi connectivity index (χ3v) is 5.87. The summed E-state index contributed by atoms with van der Waals surface area (Å²) < 4.78 is 10.5. The minimum absolute atomic E-state index is 0.0391. The molecule has 2 N–H and O–H groups in total. The number of hydrogen-bond acceptors (Lipinski definition) is 6. The number of carbonyl (C=O) groups is 1. The van der Waals surface area contributed by atoms with Crippen molar-refractivity contribution in [3.05, 3.63) is 64.7 Å². The lowest BCUT2D eigenvalue weighted by Crippen LogP contribution is -2.23. The molecule has 1 atom stereocenters. The molecular weight excluding hydrogens is 432 g/mol. The highest BCUT2D eigenvalue weighted by atomic mass is 35.5. The predicted octanol–water partition coefficient (Wildman–Crippen LogP) is 4.27. The van der Waals surface area contributed by atoms with Crippen molar-refractivity contribution in [2.24, 2.45) is 0 Å². The number of fused-ring (bicyclic) bond motifs is 3. The van der Waals surface area contributed by atoms with Crippen molar-refractivity contribution >= 4 is 34.2 Å². The first-order valence-electron chi connectivity index (χ1n) is 9.89. The number of rotatable bonds is 4. The maximum atomic E-state index is 12.4. The smallest absolute Gasteiger partial charge is 0.225 e. The molecule has 8 nitrogen and oxygen atoms in total. The van der Waals surface area contributed by atoms with E-state index in [1.807, 2.05) is 18.2 Å². The van der Waals surface area contributed by atoms with E-state index >= 15 is 0 Å². The quantitative estimate of drug-likeness (QED) is 0.481. The van der Waals surface area contributed by atoms with Crippen LogP contribution < -0.4 is 14.8 Å². The van der Waals surface area contributed by atoms with Crippen LogP contribution in [-0.4, -0.2) is 40.2 Å². The molecule has 0 aliphatic carbocycles. The highest BCUT2D eigenvalue weighted by Crippen LogP contribution is 2.42. The normalized spacial score (nSPS) is 15.3. The second kappa shape index (κ2) is 7.72. The number of nitrogens with zero attached hydrogens (tertiary/aromatic N) is 3. The molecule has 1 aliphatic rings. The van der Waals surface area contributed by atoms with E-state index < -0.39 is 0 Å². The van der Waals surface area contributed by atoms with Crippen LogP contribution in [0.4, 0.5) is 5.69 Å². The summed E-state index contributed by atoms with van der Waals surface area (Å²) in [6, 6.07) is 14.1. The molecule has 0 radical (unpaired) electrons. The molecule has 0 saturated heterocycles. The van der Waals surface area contributed by atoms with Gasteiger partial charge in [-0.25, -0.2) is 0 Å². The molecule has 4 aromatic rings. The molecule has 0 saturated carbocycles. The van der Waals surface area contributed by atoms with Crippen molar-refractivity contribution in [1.29, 1.82) is 0 Å². The molecule has 1 amide bonds. The Morgan fingerprint density at radius 1 is 1.06 bits per heavy atom. The maximum Gasteiger partial charge on any atom is 0.225 e. The number of nitrogens with one attached hydrogen (secondary N) is 1. The highest BCUT2D eigenvalue weighted by Gasteiger charge is 2.30. The fourth-order valence-electron chi connectivity index (χ4n) is 4.04. The van der Waals surface area contributed by atoms with Gasteiger partial charge in [0.05, 0.1) is 24.9 Å². The minimum atomic E-state index is -0.276. The predicted molar refractivity (Wildman–Crippen MR) is 120 cm³/mol. The Kier molecular flexibility index (Phi) is 4.86. The highest BCUT2D eigenvalue weighted by molar-refractivity contribution is 6.32. The monoisotopic (exact) mass is 450 g/mol. The van der Waals surface area contributed by atoms with E-state index in [0.717, 1.165) is 11.1 Å². The zero-order chi connectivity index (χ0) is 22.4. The Balaban J connectivity index is 1.67. The first-order valence-corrected chi connectivity index (χ1v) is 10.3. The Morgan fingerprint density at radius 2 is 1.88 bits per heavy atom. The van der Waals surface area contributed by atoms with Crippen molar-refractivity contribution < 1.29 is 19.4 Å². The second-order valence-electron chi connectivity index (χ2n) is 7.44. The van der Waals surface area contributed by atoms with Crippen LogP contribution in [0.1, 0.15) is 23.5 Å². The number of benzene rings is 3. The molecule has 0 spiro atoms. The Morgan fingerprint density at radius 3 is 2.62 bits per heavy atom. The van der Waals surface area contributed by atoms with E-state index in [9.17, 15) is 9.90 Å². The second-order valence-corrected chi connectivity index (χ2v) is 7.85. The maximum absolute atomic E-state index is 12.4. The summed E-state index contributed by atoms with van der Waals surface area (Å²) in [6.07, 6.45) is 0.237. The van der Waals surface area contributed by atoms with Crippen LogP contribution in [0.3, 0.4) is 0 Å². The van der Waals surface area contributed by atoms with E-state index in [-0.39, 0.29) is 24.0 Å². The number of carbonyl (C=O) groups excluding carboxylic acids is 1. The molecule has 0 bridgehead atoms. The molecule has 1 aliphatic heterocycles. The number of aromatic hydroxyl groups is 1. The molecule has 0 unspecified atom stereocenters. The van der Waals surface area contributed by atoms with E-state index in [4.69, 9.17) is 26.2 Å². The van der Waals surface area contributed by atoms with Gasteiger partial charge < -0.3 is 19.9 Å². The van der Waals surface area contributed by atoms with Gasteiger partial charge >= 0.3 is 0 Å². The number of phenolic OH excluding ortho intramolecular Hbond substituents is 1. The van der Waals surface area contributed by atoms with Gasteiger partial charge in [-0.15, -0.1) is 10.2 Å². The van der Waals surface area contributed by atoms with Gasteiger partial charge in [0.1, 0.15) is 16.8 Å². The van der Waals surface area contributed by atoms with Gasteiger partial charge in [0, 0.05) is 23.6 Å². The largest absolute Gasteiger partial charge is 0.504 e. The summed E-state index contributed by atoms with van der Waals surface area (Å²) >= 11 is 6.28. The Bertz CT molecular complexity index is 1370. The third-order valence-electron chi connectivity index (χ3n) is 5.58. The standard InChI is InChI=1S/C23H19ClN4O4/c1-31-19-8-4-13(10-15(19)24)28-26-17-6-5-16-22(23(17)27-28)14(11-21(30)25-16)12-3-7-18(29)20(9-12)32-2/h3-10,14,29H,11H2,1-2H3,(H,25,30)/t14-/m0/s1. The summed E-state index contributed by atoms with van der Waals surface area (Å²) in [6.45, 7) is 0. The van der Waals surface area contributed by atoms with Crippen LogP contribution in [-0.2, 0) is 4.79 Å². The first-order chi connectivity index (χ1) is 15.5. The van der Waals surface area contributed by atoms with Crippen LogP contribution in [0.2, 0.25) is 5.02 Å². The van der Waals surface area contributed by atoms with Crippen molar-refractivity contribution in [2.45, 2.75) is 12.3 Å². The van der Waals surface area contributed by atoms with Crippen molar-refractivity contribution in [1.82, 2.24) is 15.0 Å². The van der Waals surface area contributed by atoms with Gasteiger partial charge in [0.2, 0.25) is 5.91 Å². The van der Waals surface area contributed by atoms with E-state index in [1.54, 1.807) is 37.4 Å². The minimum Gasteiger partial charge on any atom is -0.504 e. The molecule has 2 heterocycles. The number of halogens is 1. The molecule has 3 aromatic carbocycles. The third kappa shape index (κ3) is 3.29. The summed E-state index contributed by atoms with van der Waals surface area (Å²) in [4.78, 5) is 13.9. The molecule has 1 aromatic heterocycles. The lowest BCUT2D eigenvalue weighted by atomic mass is 9.84. The van der Waals surface area contributed by atoms with Crippen LogP contribution >= 0.6 is 11.6 Å². The van der Waals surface area contributed by atoms with Crippen LogP contribution in [0.5, 0.6) is 17.2 Å². The number of ether oxygens (including phenoxy) is 2. The van der Waals surface area contributed by atoms with Crippen LogP contribution in [0, 0.1) is 0 Å². The van der Waals surface area contributed by atoms with Crippen molar-refractivity contribution in [3.8, 4) is 22.9 Å². The molecule has 9 heteroatoms. The number of amides is 1. The summed E-state index contributed by atoms with van der Waals surface area (Å²) in [5.74, 6) is 0.578. The van der Waals surface area contributed by atoms with Gasteiger partial charge in [0.25, 0.3) is 0 Å². The van der Waals surface area contributed by atoms with E-state index in [1.165, 1.54) is 11.9 Å². The molecule has 5 rings (SSSR count). The van der Waals surface area contributed by atoms with Gasteiger partial charge in [-0.1, -0.05) is 17.7 Å². The number of methoxy groups -OCH3 is 2. The molecule has 162 valence electrons. The summed E-state index contributed by atoms with van der Waals surface area (Å²) in [5.41, 5.74) is 4.43. The van der Waals surface area contributed by atoms with Crippen LogP contribution in [0.15, 0.2) is 48.5 Å². The average Bonchev–Trinajstić information content (AvgIpc) is 3.23. The van der Waals surface area contributed by atoms with E-state index in [0.29, 0.717) is 38.9 Å². The summed E-state index contributed by atoms with van der Waals surface area (Å²) in [5, 5.41) is 22.7. The lowest BCUT2D eigenvalue weighted by Gasteiger charge is -2.26. The number of phenols is 1. The van der Waals surface area contributed by atoms with Gasteiger partial charge in [0.15, 0.2) is 11.5 Å². The van der Waals surface area contributed by atoms with Gasteiger partial charge in [-0.05, 0) is 48.0 Å². The van der Waals surface area contributed by atoms with Crippen molar-refractivity contribution in [2.75, 3.05) is 19.5 Å². The van der Waals surface area contributed by atoms with Crippen molar-refractivity contribution in [3.63, 3.8) is 0 Å². The Labute approximate surface area is 188 Å². The first kappa shape index (κ1) is 20.1.